The first kappa shape index (κ1) is 14.3. The summed E-state index contributed by atoms with van der Waals surface area (Å²) in [6.45, 7) is 3.47. The molecule has 1 aromatic heterocycles. The number of hydrogen-bond donors (Lipinski definition) is 2. The highest BCUT2D eigenvalue weighted by molar-refractivity contribution is 5.53. The molecule has 108 valence electrons. The van der Waals surface area contributed by atoms with Crippen molar-refractivity contribution < 1.29 is 13.5 Å². The molecular weight excluding hydrogens is 263 g/mol. The molecule has 0 bridgehead atoms. The van der Waals surface area contributed by atoms with Gasteiger partial charge in [0.25, 0.3) is 0 Å². The van der Waals surface area contributed by atoms with E-state index in [2.05, 4.69) is 27.8 Å². The molecule has 0 saturated carbocycles. The Labute approximate surface area is 116 Å². The number of ether oxygens (including phenoxy) is 1. The highest BCUT2D eigenvalue weighted by Crippen LogP contribution is 2.22. The number of methoxy groups -OCH3 is 1. The number of hydrogen-bond acceptors (Lipinski definition) is 6. The van der Waals surface area contributed by atoms with Gasteiger partial charge in [-0.15, -0.1) is 5.10 Å². The van der Waals surface area contributed by atoms with Crippen LogP contribution in [0.4, 0.5) is 16.1 Å². The molecule has 20 heavy (non-hydrogen) atoms. The van der Waals surface area contributed by atoms with E-state index in [-0.39, 0.29) is 11.8 Å². The molecule has 0 spiro atoms. The average molecular weight is 280 g/mol. The molecule has 7 heteroatoms. The van der Waals surface area contributed by atoms with Gasteiger partial charge in [0.2, 0.25) is 5.89 Å². The predicted molar refractivity (Wildman–Crippen MR) is 72.5 cm³/mol. The standard InChI is InChI=1S/C13H17FN4O2/c1-3-6-15-8-12-17-18-13(20-12)16-9-4-5-11(19-2)10(14)7-9/h4-5,7,15H,3,6,8H2,1-2H3,(H,16,18). The maximum atomic E-state index is 13.5. The number of rotatable bonds is 7. The molecule has 0 aliphatic heterocycles. The Morgan fingerprint density at radius 2 is 2.20 bits per heavy atom. The minimum Gasteiger partial charge on any atom is -0.494 e. The maximum absolute atomic E-state index is 13.5. The quantitative estimate of drug-likeness (QED) is 0.759. The first-order valence-corrected chi connectivity index (χ1v) is 6.36. The van der Waals surface area contributed by atoms with E-state index in [1.165, 1.54) is 19.2 Å². The summed E-state index contributed by atoms with van der Waals surface area (Å²) in [4.78, 5) is 0. The average Bonchev–Trinajstić information content (AvgIpc) is 2.87. The molecule has 1 heterocycles. The van der Waals surface area contributed by atoms with E-state index < -0.39 is 5.82 Å². The van der Waals surface area contributed by atoms with Crippen LogP contribution in [-0.4, -0.2) is 23.9 Å². The lowest BCUT2D eigenvalue weighted by molar-refractivity contribution is 0.386. The molecule has 0 radical (unpaired) electrons. The van der Waals surface area contributed by atoms with E-state index in [9.17, 15) is 4.39 Å². The van der Waals surface area contributed by atoms with E-state index in [1.54, 1.807) is 6.07 Å². The van der Waals surface area contributed by atoms with Gasteiger partial charge in [-0.25, -0.2) is 4.39 Å². The Balaban J connectivity index is 1.97. The van der Waals surface area contributed by atoms with Gasteiger partial charge in [-0.05, 0) is 25.1 Å². The molecule has 0 amide bonds. The van der Waals surface area contributed by atoms with Crippen LogP contribution in [0.25, 0.3) is 0 Å². The van der Waals surface area contributed by atoms with Gasteiger partial charge in [-0.1, -0.05) is 12.0 Å². The predicted octanol–water partition coefficient (Wildman–Crippen LogP) is 2.46. The van der Waals surface area contributed by atoms with Gasteiger partial charge in [0.05, 0.1) is 13.7 Å². The van der Waals surface area contributed by atoms with Crippen molar-refractivity contribution in [1.29, 1.82) is 0 Å². The third kappa shape index (κ3) is 3.67. The largest absolute Gasteiger partial charge is 0.494 e. The number of nitrogens with zero attached hydrogens (tertiary/aromatic N) is 2. The van der Waals surface area contributed by atoms with Crippen molar-refractivity contribution in [2.24, 2.45) is 0 Å². The maximum Gasteiger partial charge on any atom is 0.320 e. The van der Waals surface area contributed by atoms with E-state index in [4.69, 9.17) is 9.15 Å². The number of benzene rings is 1. The Morgan fingerprint density at radius 3 is 2.90 bits per heavy atom. The summed E-state index contributed by atoms with van der Waals surface area (Å²) in [5.41, 5.74) is 0.514. The SMILES string of the molecule is CCCNCc1nnc(Nc2ccc(OC)c(F)c2)o1. The lowest BCUT2D eigenvalue weighted by Crippen LogP contribution is -2.13. The van der Waals surface area contributed by atoms with Crippen LogP contribution in [0, 0.1) is 5.82 Å². The third-order valence-corrected chi connectivity index (χ3v) is 2.57. The minimum atomic E-state index is -0.457. The summed E-state index contributed by atoms with van der Waals surface area (Å²) in [5.74, 6) is 0.210. The molecule has 2 aromatic rings. The lowest BCUT2D eigenvalue weighted by atomic mass is 10.3. The fraction of sp³-hybridized carbons (Fsp3) is 0.385. The molecule has 0 atom stereocenters. The Bertz CT molecular complexity index is 559. The monoisotopic (exact) mass is 280 g/mol. The lowest BCUT2D eigenvalue weighted by Gasteiger charge is -2.04. The Morgan fingerprint density at radius 1 is 1.35 bits per heavy atom. The van der Waals surface area contributed by atoms with Gasteiger partial charge in [0.15, 0.2) is 11.6 Å². The smallest absolute Gasteiger partial charge is 0.320 e. The highest BCUT2D eigenvalue weighted by atomic mass is 19.1. The van der Waals surface area contributed by atoms with Crippen molar-refractivity contribution in [3.8, 4) is 5.75 Å². The second-order valence-electron chi connectivity index (χ2n) is 4.15. The molecule has 0 saturated heterocycles. The van der Waals surface area contributed by atoms with Crippen LogP contribution in [0.2, 0.25) is 0 Å². The van der Waals surface area contributed by atoms with Gasteiger partial charge >= 0.3 is 6.01 Å². The first-order valence-electron chi connectivity index (χ1n) is 6.36. The van der Waals surface area contributed by atoms with Gasteiger partial charge in [-0.3, -0.25) is 0 Å². The van der Waals surface area contributed by atoms with Crippen LogP contribution in [0.1, 0.15) is 19.2 Å². The molecule has 1 aromatic carbocycles. The molecule has 2 rings (SSSR count). The first-order chi connectivity index (χ1) is 9.72. The third-order valence-electron chi connectivity index (χ3n) is 2.57. The van der Waals surface area contributed by atoms with Gasteiger partial charge in [0, 0.05) is 11.8 Å². The summed E-state index contributed by atoms with van der Waals surface area (Å²) >= 11 is 0. The Kier molecular flexibility index (Phi) is 4.89. The van der Waals surface area contributed by atoms with Crippen molar-refractivity contribution in [2.45, 2.75) is 19.9 Å². The summed E-state index contributed by atoms with van der Waals surface area (Å²) in [5, 5.41) is 13.7. The van der Waals surface area contributed by atoms with E-state index in [1.807, 2.05) is 0 Å². The molecule has 0 aliphatic carbocycles. The van der Waals surface area contributed by atoms with Crippen LogP contribution >= 0.6 is 0 Å². The topological polar surface area (TPSA) is 72.2 Å². The molecule has 0 unspecified atom stereocenters. The summed E-state index contributed by atoms with van der Waals surface area (Å²) in [6, 6.07) is 4.72. The number of aromatic nitrogens is 2. The summed E-state index contributed by atoms with van der Waals surface area (Å²) in [7, 11) is 1.42. The van der Waals surface area contributed by atoms with Crippen LogP contribution in [0.15, 0.2) is 22.6 Å². The van der Waals surface area contributed by atoms with E-state index in [0.717, 1.165) is 13.0 Å². The van der Waals surface area contributed by atoms with Crippen LogP contribution < -0.4 is 15.4 Å². The van der Waals surface area contributed by atoms with Crippen molar-refractivity contribution in [3.05, 3.63) is 29.9 Å². The zero-order valence-corrected chi connectivity index (χ0v) is 11.4. The van der Waals surface area contributed by atoms with Crippen molar-refractivity contribution in [1.82, 2.24) is 15.5 Å². The highest BCUT2D eigenvalue weighted by Gasteiger charge is 2.08. The molecule has 2 N–H and O–H groups in total. The van der Waals surface area contributed by atoms with Crippen molar-refractivity contribution >= 4 is 11.7 Å². The van der Waals surface area contributed by atoms with Crippen LogP contribution in [0.3, 0.4) is 0 Å². The Hall–Kier alpha value is -2.15. The molecule has 0 aliphatic rings. The van der Waals surface area contributed by atoms with E-state index >= 15 is 0 Å². The zero-order chi connectivity index (χ0) is 14.4. The second kappa shape index (κ2) is 6.85. The summed E-state index contributed by atoms with van der Waals surface area (Å²) < 4.78 is 23.8. The van der Waals surface area contributed by atoms with Crippen LogP contribution in [-0.2, 0) is 6.54 Å². The number of anilines is 2. The molecule has 6 nitrogen and oxygen atoms in total. The van der Waals surface area contributed by atoms with Gasteiger partial charge in [0.1, 0.15) is 0 Å². The van der Waals surface area contributed by atoms with Crippen molar-refractivity contribution in [2.75, 3.05) is 19.0 Å². The van der Waals surface area contributed by atoms with Crippen LogP contribution in [0.5, 0.6) is 5.75 Å². The second-order valence-corrected chi connectivity index (χ2v) is 4.15. The fourth-order valence-corrected chi connectivity index (χ4v) is 1.62. The number of nitrogens with one attached hydrogen (secondary N) is 2. The van der Waals surface area contributed by atoms with Gasteiger partial charge < -0.3 is 19.8 Å². The summed E-state index contributed by atoms with van der Waals surface area (Å²) in [6.07, 6.45) is 1.03. The molecular formula is C13H17FN4O2. The zero-order valence-electron chi connectivity index (χ0n) is 11.4. The van der Waals surface area contributed by atoms with Crippen molar-refractivity contribution in [3.63, 3.8) is 0 Å². The van der Waals surface area contributed by atoms with E-state index in [0.29, 0.717) is 18.1 Å². The normalized spacial score (nSPS) is 10.6. The number of halogens is 1. The van der Waals surface area contributed by atoms with Gasteiger partial charge in [-0.2, -0.15) is 0 Å². The minimum absolute atomic E-state index is 0.186. The fourth-order valence-electron chi connectivity index (χ4n) is 1.62. The molecule has 0 fully saturated rings.